The molecule has 2 aromatic rings. The highest BCUT2D eigenvalue weighted by molar-refractivity contribution is 5.94. The first kappa shape index (κ1) is 15.6. The van der Waals surface area contributed by atoms with E-state index in [0.717, 1.165) is 11.3 Å². The van der Waals surface area contributed by atoms with E-state index in [-0.39, 0.29) is 18.3 Å². The topological polar surface area (TPSA) is 32.3 Å². The molecule has 0 heterocycles. The molecular weight excluding hydrogens is 279 g/mol. The van der Waals surface area contributed by atoms with Crippen LogP contribution in [0.1, 0.15) is 15.9 Å². The molecule has 0 radical (unpaired) electrons. The van der Waals surface area contributed by atoms with Gasteiger partial charge in [0.2, 0.25) is 0 Å². The van der Waals surface area contributed by atoms with E-state index in [2.05, 4.69) is 17.2 Å². The number of carbonyl (C=O) groups is 1. The van der Waals surface area contributed by atoms with Gasteiger partial charge in [-0.15, -0.1) is 0 Å². The lowest BCUT2D eigenvalue weighted by atomic mass is 10.2. The van der Waals surface area contributed by atoms with E-state index in [1.165, 1.54) is 24.3 Å². The number of rotatable bonds is 3. The maximum atomic E-state index is 12.8. The van der Waals surface area contributed by atoms with Crippen molar-refractivity contribution in [2.75, 3.05) is 25.5 Å². The molecule has 2 rings (SSSR count). The van der Waals surface area contributed by atoms with Gasteiger partial charge in [0, 0.05) is 30.9 Å². The summed E-state index contributed by atoms with van der Waals surface area (Å²) in [5, 5.41) is 2.68. The summed E-state index contributed by atoms with van der Waals surface area (Å²) in [6, 6.07) is 13.2. The lowest BCUT2D eigenvalue weighted by Crippen LogP contribution is -2.23. The molecule has 1 amide bonds. The van der Waals surface area contributed by atoms with Gasteiger partial charge in [0.15, 0.2) is 0 Å². The van der Waals surface area contributed by atoms with Crippen LogP contribution in [0, 0.1) is 17.7 Å². The molecule has 0 saturated heterocycles. The minimum Gasteiger partial charge on any atom is -0.378 e. The number of anilines is 1. The molecule has 2 aromatic carbocycles. The first-order chi connectivity index (χ1) is 10.6. The van der Waals surface area contributed by atoms with Crippen molar-refractivity contribution in [3.8, 4) is 11.8 Å². The maximum Gasteiger partial charge on any atom is 0.252 e. The Kier molecular flexibility index (Phi) is 5.16. The Morgan fingerprint density at radius 1 is 1.09 bits per heavy atom. The standard InChI is InChI=1S/C18H17FN2O/c1-21(2)17-11-5-14(6-12-17)4-3-13-20-18(22)15-7-9-16(19)10-8-15/h5-12H,13H2,1-2H3,(H,20,22). The molecular formula is C18H17FN2O. The van der Waals surface area contributed by atoms with E-state index in [9.17, 15) is 9.18 Å². The van der Waals surface area contributed by atoms with Gasteiger partial charge in [-0.05, 0) is 48.5 Å². The van der Waals surface area contributed by atoms with E-state index in [4.69, 9.17) is 0 Å². The van der Waals surface area contributed by atoms with Gasteiger partial charge in [-0.1, -0.05) is 11.8 Å². The molecule has 0 aromatic heterocycles. The highest BCUT2D eigenvalue weighted by Gasteiger charge is 2.03. The molecule has 112 valence electrons. The first-order valence-corrected chi connectivity index (χ1v) is 6.86. The molecule has 0 aliphatic heterocycles. The average molecular weight is 296 g/mol. The zero-order chi connectivity index (χ0) is 15.9. The summed E-state index contributed by atoms with van der Waals surface area (Å²) in [7, 11) is 3.96. The number of amides is 1. The number of halogens is 1. The molecule has 0 atom stereocenters. The molecule has 0 aliphatic carbocycles. The van der Waals surface area contributed by atoms with Gasteiger partial charge < -0.3 is 10.2 Å². The Morgan fingerprint density at radius 2 is 1.73 bits per heavy atom. The third kappa shape index (κ3) is 4.35. The van der Waals surface area contributed by atoms with Crippen molar-refractivity contribution in [3.63, 3.8) is 0 Å². The van der Waals surface area contributed by atoms with Crippen molar-refractivity contribution in [1.82, 2.24) is 5.32 Å². The molecule has 0 unspecified atom stereocenters. The normalized spacial score (nSPS) is 9.59. The molecule has 22 heavy (non-hydrogen) atoms. The van der Waals surface area contributed by atoms with Crippen LogP contribution in [0.3, 0.4) is 0 Å². The van der Waals surface area contributed by atoms with Crippen LogP contribution in [0.5, 0.6) is 0 Å². The summed E-state index contributed by atoms with van der Waals surface area (Å²) >= 11 is 0. The quantitative estimate of drug-likeness (QED) is 0.883. The number of benzene rings is 2. The van der Waals surface area contributed by atoms with Crippen LogP contribution in [-0.4, -0.2) is 26.5 Å². The number of nitrogens with zero attached hydrogens (tertiary/aromatic N) is 1. The van der Waals surface area contributed by atoms with Crippen LogP contribution in [0.25, 0.3) is 0 Å². The van der Waals surface area contributed by atoms with Crippen molar-refractivity contribution >= 4 is 11.6 Å². The predicted octanol–water partition coefficient (Wildman–Crippen LogP) is 2.67. The predicted molar refractivity (Wildman–Crippen MR) is 86.4 cm³/mol. The summed E-state index contributed by atoms with van der Waals surface area (Å²) in [4.78, 5) is 13.8. The van der Waals surface area contributed by atoms with Crippen LogP contribution in [0.4, 0.5) is 10.1 Å². The lowest BCUT2D eigenvalue weighted by Gasteiger charge is -2.11. The minimum absolute atomic E-state index is 0.242. The molecule has 0 bridgehead atoms. The second-order valence-corrected chi connectivity index (χ2v) is 4.93. The van der Waals surface area contributed by atoms with Crippen LogP contribution < -0.4 is 10.2 Å². The zero-order valence-electron chi connectivity index (χ0n) is 12.6. The number of nitrogens with one attached hydrogen (secondary N) is 1. The van der Waals surface area contributed by atoms with E-state index >= 15 is 0 Å². The smallest absolute Gasteiger partial charge is 0.252 e. The van der Waals surface area contributed by atoms with Gasteiger partial charge >= 0.3 is 0 Å². The summed E-state index contributed by atoms with van der Waals surface area (Å²) in [6.45, 7) is 0.242. The lowest BCUT2D eigenvalue weighted by molar-refractivity contribution is 0.0958. The molecule has 1 N–H and O–H groups in total. The number of carbonyl (C=O) groups excluding carboxylic acids is 1. The Hall–Kier alpha value is -2.80. The first-order valence-electron chi connectivity index (χ1n) is 6.86. The van der Waals surface area contributed by atoms with Crippen LogP contribution in [0.15, 0.2) is 48.5 Å². The number of hydrogen-bond donors (Lipinski definition) is 1. The van der Waals surface area contributed by atoms with Crippen LogP contribution in [0.2, 0.25) is 0 Å². The fourth-order valence-corrected chi connectivity index (χ4v) is 1.82. The van der Waals surface area contributed by atoms with Gasteiger partial charge in [0.25, 0.3) is 5.91 Å². The fourth-order valence-electron chi connectivity index (χ4n) is 1.82. The minimum atomic E-state index is -0.363. The molecule has 0 spiro atoms. The van der Waals surface area contributed by atoms with E-state index in [1.807, 2.05) is 43.3 Å². The van der Waals surface area contributed by atoms with Gasteiger partial charge in [-0.25, -0.2) is 4.39 Å². The number of hydrogen-bond acceptors (Lipinski definition) is 2. The summed E-state index contributed by atoms with van der Waals surface area (Å²) in [6.07, 6.45) is 0. The van der Waals surface area contributed by atoms with E-state index in [1.54, 1.807) is 0 Å². The van der Waals surface area contributed by atoms with Gasteiger partial charge in [-0.2, -0.15) is 0 Å². The largest absolute Gasteiger partial charge is 0.378 e. The SMILES string of the molecule is CN(C)c1ccc(C#CCNC(=O)c2ccc(F)cc2)cc1. The van der Waals surface area contributed by atoms with E-state index in [0.29, 0.717) is 5.56 Å². The second kappa shape index (κ2) is 7.28. The Labute approximate surface area is 129 Å². The van der Waals surface area contributed by atoms with Crippen LogP contribution in [-0.2, 0) is 0 Å². The Balaban J connectivity index is 1.88. The van der Waals surface area contributed by atoms with Crippen molar-refractivity contribution in [2.45, 2.75) is 0 Å². The zero-order valence-corrected chi connectivity index (χ0v) is 12.6. The Bertz CT molecular complexity index is 695. The van der Waals surface area contributed by atoms with Gasteiger partial charge in [0.1, 0.15) is 5.82 Å². The monoisotopic (exact) mass is 296 g/mol. The maximum absolute atomic E-state index is 12.8. The fraction of sp³-hybridized carbons (Fsp3) is 0.167. The molecule has 0 fully saturated rings. The van der Waals surface area contributed by atoms with Crippen molar-refractivity contribution in [3.05, 3.63) is 65.5 Å². The third-order valence-electron chi connectivity index (χ3n) is 3.06. The summed E-state index contributed by atoms with van der Waals surface area (Å²) in [5.41, 5.74) is 2.41. The molecule has 4 heteroatoms. The summed E-state index contributed by atoms with van der Waals surface area (Å²) in [5.74, 6) is 5.25. The van der Waals surface area contributed by atoms with Crippen LogP contribution >= 0.6 is 0 Å². The highest BCUT2D eigenvalue weighted by atomic mass is 19.1. The molecule has 0 saturated carbocycles. The van der Waals surface area contributed by atoms with Crippen molar-refractivity contribution in [1.29, 1.82) is 0 Å². The summed E-state index contributed by atoms with van der Waals surface area (Å²) < 4.78 is 12.8. The molecule has 3 nitrogen and oxygen atoms in total. The van der Waals surface area contributed by atoms with Gasteiger partial charge in [0.05, 0.1) is 6.54 Å². The average Bonchev–Trinajstić information content (AvgIpc) is 2.52. The highest BCUT2D eigenvalue weighted by Crippen LogP contribution is 2.11. The second-order valence-electron chi connectivity index (χ2n) is 4.93. The Morgan fingerprint density at radius 3 is 2.32 bits per heavy atom. The molecule has 0 aliphatic rings. The van der Waals surface area contributed by atoms with Crippen molar-refractivity contribution < 1.29 is 9.18 Å². The van der Waals surface area contributed by atoms with E-state index < -0.39 is 0 Å². The van der Waals surface area contributed by atoms with Gasteiger partial charge in [-0.3, -0.25) is 4.79 Å². The third-order valence-corrected chi connectivity index (χ3v) is 3.06. The van der Waals surface area contributed by atoms with Crippen molar-refractivity contribution in [2.24, 2.45) is 0 Å².